The fourth-order valence-electron chi connectivity index (χ4n) is 2.84. The maximum absolute atomic E-state index is 12.6. The minimum atomic E-state index is -3.22. The summed E-state index contributed by atoms with van der Waals surface area (Å²) in [5, 5.41) is 9.20. The van der Waals surface area contributed by atoms with E-state index in [0.29, 0.717) is 24.3 Å². The average Bonchev–Trinajstić information content (AvgIpc) is 2.93. The van der Waals surface area contributed by atoms with Crippen LogP contribution in [0.15, 0.2) is 12.1 Å². The van der Waals surface area contributed by atoms with Gasteiger partial charge in [0.15, 0.2) is 0 Å². The van der Waals surface area contributed by atoms with Gasteiger partial charge in [-0.25, -0.2) is 13.1 Å². The van der Waals surface area contributed by atoms with E-state index in [1.165, 1.54) is 11.3 Å². The number of carboxylic acids is 1. The highest BCUT2D eigenvalue weighted by molar-refractivity contribution is 7.88. The lowest BCUT2D eigenvalue weighted by molar-refractivity contribution is -0.143. The van der Waals surface area contributed by atoms with Crippen molar-refractivity contribution in [2.75, 3.05) is 25.9 Å². The molecule has 1 saturated heterocycles. The molecule has 9 heteroatoms. The summed E-state index contributed by atoms with van der Waals surface area (Å²) in [6, 6.07) is 3.53. The molecule has 1 aliphatic rings. The fourth-order valence-corrected chi connectivity index (χ4v) is 4.29. The number of hydrogen-bond acceptors (Lipinski definition) is 5. The van der Waals surface area contributed by atoms with Gasteiger partial charge in [0, 0.05) is 24.5 Å². The number of carboxylic acid groups (broad SMARTS) is 1. The standard InChI is InChI=1S/C15H22N2O5S2/c1-10-7-11(15(19)20)9-17(8-10)14(18)13-4-3-12(23-13)5-6-16-24(2,21)22/h3-4,10-11,16H,5-9H2,1-2H3,(H,19,20). The van der Waals surface area contributed by atoms with E-state index in [0.717, 1.165) is 11.1 Å². The lowest BCUT2D eigenvalue weighted by atomic mass is 9.90. The van der Waals surface area contributed by atoms with Crippen molar-refractivity contribution in [3.05, 3.63) is 21.9 Å². The number of hydrogen-bond donors (Lipinski definition) is 2. The van der Waals surface area contributed by atoms with Crippen LogP contribution in [0, 0.1) is 11.8 Å². The maximum atomic E-state index is 12.6. The minimum Gasteiger partial charge on any atom is -0.481 e. The van der Waals surface area contributed by atoms with E-state index >= 15 is 0 Å². The molecular weight excluding hydrogens is 352 g/mol. The van der Waals surface area contributed by atoms with E-state index in [4.69, 9.17) is 0 Å². The molecule has 2 atom stereocenters. The van der Waals surface area contributed by atoms with E-state index in [9.17, 15) is 23.1 Å². The molecule has 1 amide bonds. The first-order chi connectivity index (χ1) is 11.2. The van der Waals surface area contributed by atoms with Crippen LogP contribution in [0.5, 0.6) is 0 Å². The summed E-state index contributed by atoms with van der Waals surface area (Å²) < 4.78 is 24.5. The zero-order valence-corrected chi connectivity index (χ0v) is 15.3. The van der Waals surface area contributed by atoms with Gasteiger partial charge in [0.2, 0.25) is 10.0 Å². The summed E-state index contributed by atoms with van der Waals surface area (Å²) in [6.45, 7) is 3.04. The lowest BCUT2D eigenvalue weighted by Gasteiger charge is -2.34. The third-order valence-corrected chi connectivity index (χ3v) is 5.77. The molecule has 7 nitrogen and oxygen atoms in total. The molecule has 0 bridgehead atoms. The van der Waals surface area contributed by atoms with Gasteiger partial charge in [0.25, 0.3) is 5.91 Å². The first-order valence-corrected chi connectivity index (χ1v) is 10.4. The number of thiophene rings is 1. The van der Waals surface area contributed by atoms with Crippen molar-refractivity contribution in [3.63, 3.8) is 0 Å². The summed E-state index contributed by atoms with van der Waals surface area (Å²) >= 11 is 1.32. The van der Waals surface area contributed by atoms with Crippen molar-refractivity contribution in [2.24, 2.45) is 11.8 Å². The Kier molecular flexibility index (Phi) is 6.00. The number of nitrogens with one attached hydrogen (secondary N) is 1. The predicted molar refractivity (Wildman–Crippen MR) is 91.7 cm³/mol. The van der Waals surface area contributed by atoms with Gasteiger partial charge in [0.05, 0.1) is 17.1 Å². The number of rotatable bonds is 6. The molecule has 1 fully saturated rings. The number of carbonyl (C=O) groups excluding carboxylic acids is 1. The molecule has 2 unspecified atom stereocenters. The summed E-state index contributed by atoms with van der Waals surface area (Å²) in [6.07, 6.45) is 2.21. The number of sulfonamides is 1. The number of carbonyl (C=O) groups is 2. The summed E-state index contributed by atoms with van der Waals surface area (Å²) in [5.41, 5.74) is 0. The maximum Gasteiger partial charge on any atom is 0.308 e. The lowest BCUT2D eigenvalue weighted by Crippen LogP contribution is -2.45. The zero-order valence-electron chi connectivity index (χ0n) is 13.7. The third kappa shape index (κ3) is 5.29. The van der Waals surface area contributed by atoms with Crippen molar-refractivity contribution in [3.8, 4) is 0 Å². The molecule has 0 radical (unpaired) electrons. The molecule has 24 heavy (non-hydrogen) atoms. The second kappa shape index (κ2) is 7.62. The van der Waals surface area contributed by atoms with E-state index in [1.807, 2.05) is 13.0 Å². The van der Waals surface area contributed by atoms with Gasteiger partial charge in [-0.3, -0.25) is 9.59 Å². The molecule has 1 aromatic rings. The normalized spacial score (nSPS) is 21.7. The van der Waals surface area contributed by atoms with Crippen LogP contribution < -0.4 is 4.72 Å². The largest absolute Gasteiger partial charge is 0.481 e. The zero-order chi connectivity index (χ0) is 17.9. The van der Waals surface area contributed by atoms with Gasteiger partial charge in [-0.2, -0.15) is 0 Å². The Morgan fingerprint density at radius 3 is 2.71 bits per heavy atom. The first kappa shape index (κ1) is 18.9. The van der Waals surface area contributed by atoms with Gasteiger partial charge in [0.1, 0.15) is 0 Å². The Bertz CT molecular complexity index is 713. The van der Waals surface area contributed by atoms with E-state index in [2.05, 4.69) is 4.72 Å². The van der Waals surface area contributed by atoms with Crippen LogP contribution in [0.2, 0.25) is 0 Å². The summed E-state index contributed by atoms with van der Waals surface area (Å²) in [4.78, 5) is 26.9. The summed E-state index contributed by atoms with van der Waals surface area (Å²) in [5.74, 6) is -1.38. The molecule has 2 N–H and O–H groups in total. The second-order valence-corrected chi connectivity index (χ2v) is 9.27. The third-order valence-electron chi connectivity index (χ3n) is 3.90. The van der Waals surface area contributed by atoms with Crippen molar-refractivity contribution < 1.29 is 23.1 Å². The number of nitrogens with zero attached hydrogens (tertiary/aromatic N) is 1. The van der Waals surface area contributed by atoms with Crippen LogP contribution >= 0.6 is 11.3 Å². The van der Waals surface area contributed by atoms with Gasteiger partial charge >= 0.3 is 5.97 Å². The number of aliphatic carboxylic acids is 1. The molecule has 0 spiro atoms. The number of amides is 1. The molecule has 0 saturated carbocycles. The Morgan fingerprint density at radius 1 is 1.38 bits per heavy atom. The number of likely N-dealkylation sites (tertiary alicyclic amines) is 1. The molecular formula is C15H22N2O5S2. The second-order valence-electron chi connectivity index (χ2n) is 6.27. The highest BCUT2D eigenvalue weighted by Gasteiger charge is 2.32. The van der Waals surface area contributed by atoms with Crippen LogP contribution in [0.25, 0.3) is 0 Å². The van der Waals surface area contributed by atoms with Crippen molar-refractivity contribution >= 4 is 33.2 Å². The van der Waals surface area contributed by atoms with Crippen LogP contribution in [-0.4, -0.2) is 56.2 Å². The Labute approximate surface area is 145 Å². The molecule has 0 aromatic carbocycles. The Balaban J connectivity index is 1.98. The Morgan fingerprint density at radius 2 is 2.08 bits per heavy atom. The highest BCUT2D eigenvalue weighted by Crippen LogP contribution is 2.25. The van der Waals surface area contributed by atoms with Crippen LogP contribution in [-0.2, 0) is 21.2 Å². The number of piperidine rings is 1. The average molecular weight is 374 g/mol. The van der Waals surface area contributed by atoms with Crippen LogP contribution in [0.3, 0.4) is 0 Å². The van der Waals surface area contributed by atoms with E-state index < -0.39 is 21.9 Å². The first-order valence-electron chi connectivity index (χ1n) is 7.71. The van der Waals surface area contributed by atoms with Gasteiger partial charge in [-0.05, 0) is 30.9 Å². The molecule has 0 aliphatic carbocycles. The minimum absolute atomic E-state index is 0.153. The van der Waals surface area contributed by atoms with Crippen molar-refractivity contribution in [1.29, 1.82) is 0 Å². The Hall–Kier alpha value is -1.45. The quantitative estimate of drug-likeness (QED) is 0.774. The van der Waals surface area contributed by atoms with E-state index in [1.54, 1.807) is 11.0 Å². The molecule has 1 aromatic heterocycles. The monoisotopic (exact) mass is 374 g/mol. The SMILES string of the molecule is CC1CC(C(=O)O)CN(C(=O)c2ccc(CCNS(C)(=O)=O)s2)C1. The van der Waals surface area contributed by atoms with Gasteiger partial charge in [-0.1, -0.05) is 6.92 Å². The van der Waals surface area contributed by atoms with Crippen LogP contribution in [0.1, 0.15) is 27.9 Å². The van der Waals surface area contributed by atoms with Crippen molar-refractivity contribution in [1.82, 2.24) is 9.62 Å². The fraction of sp³-hybridized carbons (Fsp3) is 0.600. The van der Waals surface area contributed by atoms with Crippen molar-refractivity contribution in [2.45, 2.75) is 19.8 Å². The molecule has 2 rings (SSSR count). The van der Waals surface area contributed by atoms with Gasteiger partial charge in [-0.15, -0.1) is 11.3 Å². The van der Waals surface area contributed by atoms with Gasteiger partial charge < -0.3 is 10.0 Å². The highest BCUT2D eigenvalue weighted by atomic mass is 32.2. The summed E-state index contributed by atoms with van der Waals surface area (Å²) in [7, 11) is -3.22. The topological polar surface area (TPSA) is 104 Å². The molecule has 134 valence electrons. The molecule has 1 aliphatic heterocycles. The van der Waals surface area contributed by atoms with Crippen LogP contribution in [0.4, 0.5) is 0 Å². The molecule has 2 heterocycles. The smallest absolute Gasteiger partial charge is 0.308 e. The predicted octanol–water partition coefficient (Wildman–Crippen LogP) is 1.02. The van der Waals surface area contributed by atoms with E-state index in [-0.39, 0.29) is 24.9 Å².